The molecule has 3 fully saturated rings. The second-order valence-corrected chi connectivity index (χ2v) is 6.04. The van der Waals surface area contributed by atoms with Crippen LogP contribution >= 0.6 is 0 Å². The van der Waals surface area contributed by atoms with Crippen molar-refractivity contribution >= 4 is 0 Å². The molecular weight excluding hydrogens is 252 g/mol. The van der Waals surface area contributed by atoms with Crippen molar-refractivity contribution in [2.24, 2.45) is 0 Å². The molecule has 3 aliphatic rings. The van der Waals surface area contributed by atoms with Crippen molar-refractivity contribution in [2.45, 2.75) is 82.3 Å². The van der Waals surface area contributed by atoms with Crippen LogP contribution in [0.4, 0.5) is 0 Å². The lowest BCUT2D eigenvalue weighted by molar-refractivity contribution is -0.249. The van der Waals surface area contributed by atoms with Gasteiger partial charge in [-0.2, -0.15) is 0 Å². The largest absolute Gasteiger partial charge is 0.385 e. The van der Waals surface area contributed by atoms with E-state index < -0.39 is 42.3 Å². The van der Waals surface area contributed by atoms with Crippen molar-refractivity contribution in [2.75, 3.05) is 0 Å². The molecule has 0 spiro atoms. The number of ether oxygens (including phenoxy) is 4. The maximum absolute atomic E-state index is 10.4. The van der Waals surface area contributed by atoms with Crippen molar-refractivity contribution in [3.05, 3.63) is 0 Å². The molecule has 0 aromatic rings. The van der Waals surface area contributed by atoms with Crippen molar-refractivity contribution < 1.29 is 29.2 Å². The Hall–Kier alpha value is -0.240. The van der Waals surface area contributed by atoms with Gasteiger partial charge in [-0.3, -0.25) is 0 Å². The minimum absolute atomic E-state index is 0.392. The van der Waals surface area contributed by atoms with Gasteiger partial charge < -0.3 is 29.2 Å². The summed E-state index contributed by atoms with van der Waals surface area (Å²) in [5.74, 6) is -2.26. The summed E-state index contributed by atoms with van der Waals surface area (Å²) in [4.78, 5) is 0. The van der Waals surface area contributed by atoms with Crippen LogP contribution in [0.5, 0.6) is 0 Å². The third kappa shape index (κ3) is 2.11. The first kappa shape index (κ1) is 13.7. The van der Waals surface area contributed by atoms with Gasteiger partial charge >= 0.3 is 0 Å². The smallest absolute Gasteiger partial charge is 0.195 e. The van der Waals surface area contributed by atoms with E-state index in [1.54, 1.807) is 13.8 Å². The van der Waals surface area contributed by atoms with Crippen molar-refractivity contribution in [3.63, 3.8) is 0 Å². The summed E-state index contributed by atoms with van der Waals surface area (Å²) in [5, 5.41) is 20.6. The van der Waals surface area contributed by atoms with Crippen LogP contribution in [0.15, 0.2) is 0 Å². The maximum atomic E-state index is 10.4. The SMILES string of the molecule is CCCC[C@@]1(O)O[C@@H]2[C@H]3OC(C)(C)O[C@H]3O[C@@H]2[C@@H]1O. The molecule has 6 heteroatoms. The molecule has 3 aliphatic heterocycles. The molecule has 3 heterocycles. The first-order chi connectivity index (χ1) is 8.86. The van der Waals surface area contributed by atoms with E-state index in [4.69, 9.17) is 18.9 Å². The van der Waals surface area contributed by atoms with Gasteiger partial charge in [-0.1, -0.05) is 13.3 Å². The predicted octanol–water partition coefficient (Wildman–Crippen LogP) is 0.501. The molecule has 0 saturated carbocycles. The fourth-order valence-corrected chi connectivity index (χ4v) is 3.09. The van der Waals surface area contributed by atoms with Crippen LogP contribution in [-0.4, -0.2) is 52.5 Å². The lowest BCUT2D eigenvalue weighted by atomic mass is 10.00. The van der Waals surface area contributed by atoms with Crippen LogP contribution in [0.3, 0.4) is 0 Å². The van der Waals surface area contributed by atoms with Crippen LogP contribution in [0.2, 0.25) is 0 Å². The molecule has 0 amide bonds. The van der Waals surface area contributed by atoms with Crippen LogP contribution in [0.1, 0.15) is 40.0 Å². The second kappa shape index (κ2) is 4.38. The molecule has 2 N–H and O–H groups in total. The Morgan fingerprint density at radius 2 is 1.79 bits per heavy atom. The quantitative estimate of drug-likeness (QED) is 0.780. The van der Waals surface area contributed by atoms with Crippen LogP contribution < -0.4 is 0 Å². The highest BCUT2D eigenvalue weighted by Crippen LogP contribution is 2.47. The minimum Gasteiger partial charge on any atom is -0.385 e. The van der Waals surface area contributed by atoms with Crippen molar-refractivity contribution in [1.82, 2.24) is 0 Å². The Morgan fingerprint density at radius 1 is 1.05 bits per heavy atom. The molecule has 19 heavy (non-hydrogen) atoms. The number of aliphatic hydroxyl groups excluding tert-OH is 1. The van der Waals surface area contributed by atoms with Crippen LogP contribution in [0.25, 0.3) is 0 Å². The van der Waals surface area contributed by atoms with Gasteiger partial charge in [0, 0.05) is 6.42 Å². The Bertz CT molecular complexity index is 359. The molecule has 0 unspecified atom stereocenters. The van der Waals surface area contributed by atoms with Crippen molar-refractivity contribution in [1.29, 1.82) is 0 Å². The number of unbranched alkanes of at least 4 members (excludes halogenated alkanes) is 1. The van der Waals surface area contributed by atoms with Gasteiger partial charge in [-0.25, -0.2) is 0 Å². The average molecular weight is 274 g/mol. The zero-order valence-corrected chi connectivity index (χ0v) is 11.5. The maximum Gasteiger partial charge on any atom is 0.195 e. The van der Waals surface area contributed by atoms with E-state index >= 15 is 0 Å². The van der Waals surface area contributed by atoms with E-state index in [-0.39, 0.29) is 0 Å². The van der Waals surface area contributed by atoms with Gasteiger partial charge in [0.05, 0.1) is 0 Å². The highest BCUT2D eigenvalue weighted by Gasteiger charge is 2.66. The number of aliphatic hydroxyl groups is 2. The van der Waals surface area contributed by atoms with Gasteiger partial charge in [0.1, 0.15) is 24.4 Å². The Morgan fingerprint density at radius 3 is 2.47 bits per heavy atom. The van der Waals surface area contributed by atoms with Crippen molar-refractivity contribution in [3.8, 4) is 0 Å². The van der Waals surface area contributed by atoms with Crippen LogP contribution in [0, 0.1) is 0 Å². The average Bonchev–Trinajstić information content (AvgIpc) is 2.87. The van der Waals surface area contributed by atoms with E-state index in [0.717, 1.165) is 12.8 Å². The molecule has 3 rings (SSSR count). The molecule has 6 atom stereocenters. The topological polar surface area (TPSA) is 77.4 Å². The lowest BCUT2D eigenvalue weighted by Crippen LogP contribution is -2.44. The number of hydrogen-bond donors (Lipinski definition) is 2. The van der Waals surface area contributed by atoms with E-state index in [1.165, 1.54) is 0 Å². The van der Waals surface area contributed by atoms with E-state index in [2.05, 4.69) is 0 Å². The zero-order valence-electron chi connectivity index (χ0n) is 11.5. The number of hydrogen-bond acceptors (Lipinski definition) is 6. The second-order valence-electron chi connectivity index (χ2n) is 6.04. The van der Waals surface area contributed by atoms with Gasteiger partial charge in [-0.05, 0) is 20.3 Å². The van der Waals surface area contributed by atoms with E-state index in [0.29, 0.717) is 6.42 Å². The summed E-state index contributed by atoms with van der Waals surface area (Å²) in [6, 6.07) is 0. The van der Waals surface area contributed by atoms with Gasteiger partial charge in [-0.15, -0.1) is 0 Å². The fraction of sp³-hybridized carbons (Fsp3) is 1.00. The van der Waals surface area contributed by atoms with E-state index in [9.17, 15) is 10.2 Å². The summed E-state index contributed by atoms with van der Waals surface area (Å²) in [6.07, 6.45) is -0.970. The first-order valence-electron chi connectivity index (χ1n) is 6.96. The third-order valence-corrected chi connectivity index (χ3v) is 4.03. The summed E-state index contributed by atoms with van der Waals surface area (Å²) >= 11 is 0. The fourth-order valence-electron chi connectivity index (χ4n) is 3.09. The number of fused-ring (bicyclic) bond motifs is 3. The number of rotatable bonds is 3. The third-order valence-electron chi connectivity index (χ3n) is 4.03. The summed E-state index contributed by atoms with van der Waals surface area (Å²) in [7, 11) is 0. The first-order valence-corrected chi connectivity index (χ1v) is 6.96. The standard InChI is InChI=1S/C13H22O6/c1-4-5-6-13(15)10(14)8-7(18-13)9-11(16-8)19-12(2,3)17-9/h7-11,14-15H,4-6H2,1-3H3/t7-,8-,9+,10-,11+,13+/m0/s1. The molecule has 3 saturated heterocycles. The monoisotopic (exact) mass is 274 g/mol. The summed E-state index contributed by atoms with van der Waals surface area (Å²) in [6.45, 7) is 5.63. The molecule has 0 aromatic carbocycles. The molecule has 0 aromatic heterocycles. The zero-order chi connectivity index (χ0) is 13.8. The normalized spacial score (nSPS) is 51.3. The van der Waals surface area contributed by atoms with Gasteiger partial charge in [0.15, 0.2) is 17.9 Å². The predicted molar refractivity (Wildman–Crippen MR) is 64.1 cm³/mol. The Labute approximate surface area is 112 Å². The Kier molecular flexibility index (Phi) is 3.16. The van der Waals surface area contributed by atoms with Gasteiger partial charge in [0.25, 0.3) is 0 Å². The minimum atomic E-state index is -1.54. The molecule has 110 valence electrons. The van der Waals surface area contributed by atoms with Gasteiger partial charge in [0.2, 0.25) is 0 Å². The Balaban J connectivity index is 1.73. The summed E-state index contributed by atoms with van der Waals surface area (Å²) in [5.41, 5.74) is 0. The molecular formula is C13H22O6. The highest BCUT2D eigenvalue weighted by molar-refractivity contribution is 5.06. The van der Waals surface area contributed by atoms with E-state index in [1.807, 2.05) is 6.92 Å². The molecule has 0 radical (unpaired) electrons. The van der Waals surface area contributed by atoms with Crippen LogP contribution in [-0.2, 0) is 18.9 Å². The highest BCUT2D eigenvalue weighted by atomic mass is 16.9. The summed E-state index contributed by atoms with van der Waals surface area (Å²) < 4.78 is 22.6. The molecule has 6 nitrogen and oxygen atoms in total. The molecule has 0 bridgehead atoms. The lowest BCUT2D eigenvalue weighted by Gasteiger charge is -2.28. The molecule has 0 aliphatic carbocycles.